The van der Waals surface area contributed by atoms with E-state index < -0.39 is 12.1 Å². The quantitative estimate of drug-likeness (QED) is 0.538. The molecule has 5 rings (SSSR count). The third-order valence-electron chi connectivity index (χ3n) is 6.23. The maximum atomic E-state index is 13.8. The highest BCUT2D eigenvalue weighted by molar-refractivity contribution is 6.25. The van der Waals surface area contributed by atoms with Gasteiger partial charge in [-0.2, -0.15) is 0 Å². The maximum absolute atomic E-state index is 13.8. The van der Waals surface area contributed by atoms with Crippen molar-refractivity contribution in [1.29, 1.82) is 0 Å². The van der Waals surface area contributed by atoms with Gasteiger partial charge in [0.1, 0.15) is 23.4 Å². The standard InChI is InChI=1S/C28H24FNO4/c1-17-13-26(34-28(17)32)23(15-18-7-6-9-20(29)14-18)30-27(31)22-16-19-8-2-4-11-24(19)33-25-12-5-3-10-21(22)25/h2-12,14,16-17,23,26H,13,15H2,1H3,(H,30,31). The van der Waals surface area contributed by atoms with Crippen LogP contribution in [0.15, 0.2) is 72.8 Å². The third-order valence-corrected chi connectivity index (χ3v) is 6.23. The summed E-state index contributed by atoms with van der Waals surface area (Å²) in [6, 6.07) is 20.6. The highest BCUT2D eigenvalue weighted by atomic mass is 19.1. The minimum atomic E-state index is -0.518. The van der Waals surface area contributed by atoms with Crippen molar-refractivity contribution >= 4 is 23.5 Å². The molecule has 2 heterocycles. The van der Waals surface area contributed by atoms with Crippen LogP contribution in [0.3, 0.4) is 0 Å². The normalized spacial score (nSPS) is 19.6. The Labute approximate surface area is 197 Å². The molecular weight excluding hydrogens is 433 g/mol. The summed E-state index contributed by atoms with van der Waals surface area (Å²) < 4.78 is 25.5. The van der Waals surface area contributed by atoms with Gasteiger partial charge in [-0.05, 0) is 48.7 Å². The van der Waals surface area contributed by atoms with E-state index in [4.69, 9.17) is 9.47 Å². The second kappa shape index (κ2) is 9.14. The summed E-state index contributed by atoms with van der Waals surface area (Å²) in [5.41, 5.74) is 2.61. The lowest BCUT2D eigenvalue weighted by Gasteiger charge is -2.25. The molecule has 6 heteroatoms. The summed E-state index contributed by atoms with van der Waals surface area (Å²) in [5.74, 6) is 0.0298. The number of nitrogens with one attached hydrogen (secondary N) is 1. The number of rotatable bonds is 5. The van der Waals surface area contributed by atoms with Crippen LogP contribution in [0, 0.1) is 11.7 Å². The van der Waals surface area contributed by atoms with Gasteiger partial charge in [0, 0.05) is 11.1 Å². The number of benzene rings is 3. The first-order valence-electron chi connectivity index (χ1n) is 11.3. The molecule has 172 valence electrons. The predicted molar refractivity (Wildman–Crippen MR) is 127 cm³/mol. The van der Waals surface area contributed by atoms with Crippen molar-refractivity contribution in [2.75, 3.05) is 0 Å². The second-order valence-corrected chi connectivity index (χ2v) is 8.72. The molecule has 1 N–H and O–H groups in total. The van der Waals surface area contributed by atoms with Crippen molar-refractivity contribution in [1.82, 2.24) is 5.32 Å². The Bertz CT molecular complexity index is 1280. The van der Waals surface area contributed by atoms with Crippen LogP contribution < -0.4 is 10.1 Å². The van der Waals surface area contributed by atoms with Gasteiger partial charge in [0.25, 0.3) is 5.91 Å². The molecule has 0 aliphatic carbocycles. The van der Waals surface area contributed by atoms with Crippen LogP contribution in [0.5, 0.6) is 11.5 Å². The van der Waals surface area contributed by atoms with E-state index in [9.17, 15) is 14.0 Å². The number of ether oxygens (including phenoxy) is 2. The van der Waals surface area contributed by atoms with Crippen LogP contribution >= 0.6 is 0 Å². The fourth-order valence-electron chi connectivity index (χ4n) is 4.45. The van der Waals surface area contributed by atoms with Crippen LogP contribution in [0.2, 0.25) is 0 Å². The highest BCUT2D eigenvalue weighted by Gasteiger charge is 2.37. The van der Waals surface area contributed by atoms with E-state index in [0.29, 0.717) is 41.0 Å². The molecule has 0 bridgehead atoms. The summed E-state index contributed by atoms with van der Waals surface area (Å²) in [5, 5.41) is 3.07. The first kappa shape index (κ1) is 21.9. The molecule has 3 atom stereocenters. The molecule has 3 aromatic carbocycles. The number of hydrogen-bond acceptors (Lipinski definition) is 4. The van der Waals surface area contributed by atoms with Crippen molar-refractivity contribution in [3.05, 3.63) is 95.3 Å². The number of esters is 1. The lowest BCUT2D eigenvalue weighted by Crippen LogP contribution is -2.45. The average molecular weight is 458 g/mol. The van der Waals surface area contributed by atoms with Gasteiger partial charge in [-0.15, -0.1) is 0 Å². The van der Waals surface area contributed by atoms with Gasteiger partial charge in [0.2, 0.25) is 0 Å². The maximum Gasteiger partial charge on any atom is 0.309 e. The van der Waals surface area contributed by atoms with E-state index in [1.807, 2.05) is 55.5 Å². The molecule has 1 amide bonds. The summed E-state index contributed by atoms with van der Waals surface area (Å²) in [7, 11) is 0. The lowest BCUT2D eigenvalue weighted by atomic mass is 9.95. The number of hydrogen-bond donors (Lipinski definition) is 1. The van der Waals surface area contributed by atoms with Crippen LogP contribution in [-0.2, 0) is 20.7 Å². The van der Waals surface area contributed by atoms with Crippen LogP contribution in [-0.4, -0.2) is 24.0 Å². The van der Waals surface area contributed by atoms with Crippen molar-refractivity contribution < 1.29 is 23.5 Å². The van der Waals surface area contributed by atoms with Gasteiger partial charge in [-0.25, -0.2) is 4.39 Å². The SMILES string of the molecule is CC1CC(C(Cc2cccc(F)c2)NC(=O)C2=Cc3ccccc3Oc3ccccc32)OC1=O. The molecule has 3 unspecified atom stereocenters. The van der Waals surface area contributed by atoms with E-state index in [0.717, 1.165) is 5.56 Å². The number of halogens is 1. The van der Waals surface area contributed by atoms with Crippen molar-refractivity contribution in [2.45, 2.75) is 31.9 Å². The molecule has 34 heavy (non-hydrogen) atoms. The summed E-state index contributed by atoms with van der Waals surface area (Å²) >= 11 is 0. The number of amides is 1. The Balaban J connectivity index is 1.49. The summed E-state index contributed by atoms with van der Waals surface area (Å²) in [6.07, 6.45) is 2.12. The molecule has 5 nitrogen and oxygen atoms in total. The number of fused-ring (bicyclic) bond motifs is 2. The zero-order valence-corrected chi connectivity index (χ0v) is 18.7. The number of cyclic esters (lactones) is 1. The minimum absolute atomic E-state index is 0.255. The lowest BCUT2D eigenvalue weighted by molar-refractivity contribution is -0.145. The fourth-order valence-corrected chi connectivity index (χ4v) is 4.45. The van der Waals surface area contributed by atoms with E-state index in [1.54, 1.807) is 18.2 Å². The van der Waals surface area contributed by atoms with Gasteiger partial charge in [0.05, 0.1) is 17.5 Å². The molecule has 0 spiro atoms. The van der Waals surface area contributed by atoms with Crippen LogP contribution in [0.25, 0.3) is 11.6 Å². The van der Waals surface area contributed by atoms with Crippen molar-refractivity contribution in [3.8, 4) is 11.5 Å². The van der Waals surface area contributed by atoms with E-state index in [-0.39, 0.29) is 23.6 Å². The van der Waals surface area contributed by atoms with E-state index in [2.05, 4.69) is 5.32 Å². The molecule has 0 radical (unpaired) electrons. The summed E-state index contributed by atoms with van der Waals surface area (Å²) in [6.45, 7) is 1.81. The topological polar surface area (TPSA) is 64.6 Å². The molecule has 0 saturated carbocycles. The second-order valence-electron chi connectivity index (χ2n) is 8.72. The van der Waals surface area contributed by atoms with Gasteiger partial charge in [-0.1, -0.05) is 55.5 Å². The molecule has 1 saturated heterocycles. The van der Waals surface area contributed by atoms with Crippen LogP contribution in [0.1, 0.15) is 30.0 Å². The van der Waals surface area contributed by atoms with E-state index in [1.165, 1.54) is 12.1 Å². The Morgan fingerprint density at radius 2 is 1.82 bits per heavy atom. The Kier molecular flexibility index (Phi) is 5.88. The van der Waals surface area contributed by atoms with Crippen molar-refractivity contribution in [2.24, 2.45) is 5.92 Å². The predicted octanol–water partition coefficient (Wildman–Crippen LogP) is 5.15. The first-order chi connectivity index (χ1) is 16.5. The molecular formula is C28H24FNO4. The number of para-hydroxylation sites is 2. The average Bonchev–Trinajstić information content (AvgIpc) is 3.07. The van der Waals surface area contributed by atoms with Gasteiger partial charge in [-0.3, -0.25) is 9.59 Å². The molecule has 3 aromatic rings. The number of carbonyl (C=O) groups is 2. The first-order valence-corrected chi connectivity index (χ1v) is 11.3. The Morgan fingerprint density at radius 1 is 1.06 bits per heavy atom. The van der Waals surface area contributed by atoms with Gasteiger partial charge in [0.15, 0.2) is 0 Å². The molecule has 0 aromatic heterocycles. The van der Waals surface area contributed by atoms with Gasteiger partial charge >= 0.3 is 5.97 Å². The Hall–Kier alpha value is -3.93. The monoisotopic (exact) mass is 457 g/mol. The van der Waals surface area contributed by atoms with Crippen LogP contribution in [0.4, 0.5) is 4.39 Å². The van der Waals surface area contributed by atoms with E-state index >= 15 is 0 Å². The fraction of sp³-hybridized carbons (Fsp3) is 0.214. The minimum Gasteiger partial charge on any atom is -0.460 e. The zero-order chi connectivity index (χ0) is 23.7. The summed E-state index contributed by atoms with van der Waals surface area (Å²) in [4.78, 5) is 25.8. The Morgan fingerprint density at radius 3 is 2.59 bits per heavy atom. The molecule has 2 aliphatic rings. The largest absolute Gasteiger partial charge is 0.460 e. The zero-order valence-electron chi connectivity index (χ0n) is 18.7. The smallest absolute Gasteiger partial charge is 0.309 e. The van der Waals surface area contributed by atoms with Crippen molar-refractivity contribution in [3.63, 3.8) is 0 Å². The molecule has 2 aliphatic heterocycles. The van der Waals surface area contributed by atoms with Gasteiger partial charge < -0.3 is 14.8 Å². The third kappa shape index (κ3) is 4.44. The highest BCUT2D eigenvalue weighted by Crippen LogP contribution is 2.38. The molecule has 1 fully saturated rings. The number of carbonyl (C=O) groups excluding carboxylic acids is 2.